The van der Waals surface area contributed by atoms with Gasteiger partial charge in [0.1, 0.15) is 12.2 Å². The number of aliphatic hydroxyl groups is 4. The van der Waals surface area contributed by atoms with Crippen molar-refractivity contribution >= 4 is 5.91 Å². The number of aliphatic hydroxyl groups excluding tert-OH is 4. The summed E-state index contributed by atoms with van der Waals surface area (Å²) < 4.78 is 0. The van der Waals surface area contributed by atoms with Gasteiger partial charge in [0.2, 0.25) is 5.91 Å². The van der Waals surface area contributed by atoms with Gasteiger partial charge in [0, 0.05) is 0 Å². The van der Waals surface area contributed by atoms with Gasteiger partial charge in [-0.1, -0.05) is 190 Å². The number of hydrogen-bond donors (Lipinski definition) is 5. The van der Waals surface area contributed by atoms with E-state index in [1.165, 1.54) is 122 Å². The average Bonchev–Trinajstić information content (AvgIpc) is 3.20. The van der Waals surface area contributed by atoms with Crippen molar-refractivity contribution in [3.63, 3.8) is 0 Å². The maximum atomic E-state index is 12.5. The minimum absolute atomic E-state index is 0.355. The Labute approximate surface area is 346 Å². The maximum Gasteiger partial charge on any atom is 0.249 e. The van der Waals surface area contributed by atoms with Crippen molar-refractivity contribution in [2.75, 3.05) is 6.61 Å². The van der Waals surface area contributed by atoms with E-state index in [0.717, 1.165) is 64.2 Å². The highest BCUT2D eigenvalue weighted by atomic mass is 16.3. The van der Waals surface area contributed by atoms with Crippen molar-refractivity contribution in [1.82, 2.24) is 5.32 Å². The largest absolute Gasteiger partial charge is 0.394 e. The molecular formula is C50H91NO5. The highest BCUT2D eigenvalue weighted by molar-refractivity contribution is 5.80. The van der Waals surface area contributed by atoms with Crippen molar-refractivity contribution in [3.05, 3.63) is 60.8 Å². The molecule has 1 amide bonds. The highest BCUT2D eigenvalue weighted by Gasteiger charge is 2.28. The van der Waals surface area contributed by atoms with Crippen LogP contribution in [0, 0.1) is 0 Å². The fourth-order valence-electron chi connectivity index (χ4n) is 6.94. The fourth-order valence-corrected chi connectivity index (χ4v) is 6.94. The molecule has 0 aromatic heterocycles. The van der Waals surface area contributed by atoms with Crippen LogP contribution in [0.2, 0.25) is 0 Å². The molecule has 6 nitrogen and oxygen atoms in total. The first-order valence-corrected chi connectivity index (χ1v) is 23.7. The highest BCUT2D eigenvalue weighted by Crippen LogP contribution is 2.15. The van der Waals surface area contributed by atoms with E-state index < -0.39 is 36.9 Å². The van der Waals surface area contributed by atoms with Crippen LogP contribution in [0.3, 0.4) is 0 Å². The number of carbonyl (C=O) groups excluding carboxylic acids is 1. The molecule has 0 aromatic rings. The van der Waals surface area contributed by atoms with Crippen LogP contribution in [0.15, 0.2) is 60.8 Å². The third kappa shape index (κ3) is 37.6. The molecule has 0 saturated carbocycles. The predicted molar refractivity (Wildman–Crippen MR) is 242 cm³/mol. The molecule has 326 valence electrons. The molecule has 0 aliphatic rings. The second-order valence-corrected chi connectivity index (χ2v) is 16.0. The molecule has 0 spiro atoms. The minimum Gasteiger partial charge on any atom is -0.394 e. The van der Waals surface area contributed by atoms with E-state index in [1.54, 1.807) is 0 Å². The molecule has 4 unspecified atom stereocenters. The molecule has 0 heterocycles. The second kappa shape index (κ2) is 44.1. The van der Waals surface area contributed by atoms with E-state index in [9.17, 15) is 25.2 Å². The van der Waals surface area contributed by atoms with Crippen molar-refractivity contribution in [1.29, 1.82) is 0 Å². The number of hydrogen-bond acceptors (Lipinski definition) is 5. The van der Waals surface area contributed by atoms with Gasteiger partial charge in [0.15, 0.2) is 0 Å². The Bertz CT molecular complexity index is 972. The number of amides is 1. The molecule has 4 atom stereocenters. The molecule has 0 fully saturated rings. The Morgan fingerprint density at radius 1 is 0.464 bits per heavy atom. The summed E-state index contributed by atoms with van der Waals surface area (Å²) in [4.78, 5) is 12.5. The summed E-state index contributed by atoms with van der Waals surface area (Å²) in [5.74, 6) is -0.602. The molecule has 0 aliphatic heterocycles. The average molecular weight is 786 g/mol. The van der Waals surface area contributed by atoms with E-state index in [0.29, 0.717) is 19.3 Å². The van der Waals surface area contributed by atoms with Gasteiger partial charge in [-0.25, -0.2) is 0 Å². The number of allylic oxidation sites excluding steroid dienone is 10. The van der Waals surface area contributed by atoms with E-state index in [1.807, 2.05) is 0 Å². The molecule has 0 saturated heterocycles. The smallest absolute Gasteiger partial charge is 0.249 e. The number of carbonyl (C=O) groups is 1. The van der Waals surface area contributed by atoms with Crippen LogP contribution in [0.25, 0.3) is 0 Å². The lowest BCUT2D eigenvalue weighted by Gasteiger charge is -2.27. The van der Waals surface area contributed by atoms with Crippen LogP contribution in [0.5, 0.6) is 0 Å². The van der Waals surface area contributed by atoms with Gasteiger partial charge in [-0.3, -0.25) is 4.79 Å². The van der Waals surface area contributed by atoms with Gasteiger partial charge in [-0.2, -0.15) is 0 Å². The Morgan fingerprint density at radius 3 is 1.32 bits per heavy atom. The van der Waals surface area contributed by atoms with Crippen LogP contribution in [0.1, 0.15) is 219 Å². The van der Waals surface area contributed by atoms with Gasteiger partial charge in [-0.15, -0.1) is 0 Å². The van der Waals surface area contributed by atoms with E-state index in [4.69, 9.17) is 0 Å². The molecule has 5 N–H and O–H groups in total. The molecule has 0 bridgehead atoms. The normalized spacial score (nSPS) is 14.6. The van der Waals surface area contributed by atoms with Gasteiger partial charge < -0.3 is 25.7 Å². The van der Waals surface area contributed by atoms with Crippen molar-refractivity contribution in [2.45, 2.75) is 244 Å². The molecular weight excluding hydrogens is 695 g/mol. The van der Waals surface area contributed by atoms with Gasteiger partial charge in [0.25, 0.3) is 0 Å². The van der Waals surface area contributed by atoms with Crippen LogP contribution in [-0.4, -0.2) is 57.3 Å². The maximum absolute atomic E-state index is 12.5. The zero-order chi connectivity index (χ0) is 41.0. The first kappa shape index (κ1) is 54.0. The Hall–Kier alpha value is -1.99. The van der Waals surface area contributed by atoms with E-state index in [-0.39, 0.29) is 0 Å². The summed E-state index contributed by atoms with van der Waals surface area (Å²) in [7, 11) is 0. The summed E-state index contributed by atoms with van der Waals surface area (Å²) in [5.41, 5.74) is 0. The summed E-state index contributed by atoms with van der Waals surface area (Å²) in [6.45, 7) is 3.93. The molecule has 0 aromatic carbocycles. The molecule has 6 heteroatoms. The lowest BCUT2D eigenvalue weighted by molar-refractivity contribution is -0.132. The van der Waals surface area contributed by atoms with Crippen LogP contribution in [-0.2, 0) is 4.79 Å². The number of unbranched alkanes of at least 4 members (excludes halogenated alkanes) is 23. The molecule has 0 aliphatic carbocycles. The Morgan fingerprint density at radius 2 is 0.857 bits per heavy atom. The molecule has 56 heavy (non-hydrogen) atoms. The van der Waals surface area contributed by atoms with Crippen molar-refractivity contribution in [2.24, 2.45) is 0 Å². The minimum atomic E-state index is -1.30. The first-order chi connectivity index (χ1) is 27.5. The number of nitrogens with one attached hydrogen (secondary N) is 1. The van der Waals surface area contributed by atoms with Gasteiger partial charge in [0.05, 0.1) is 18.8 Å². The van der Waals surface area contributed by atoms with Crippen LogP contribution >= 0.6 is 0 Å². The third-order valence-electron chi connectivity index (χ3n) is 10.7. The summed E-state index contributed by atoms with van der Waals surface area (Å²) in [6, 6.07) is -1.01. The van der Waals surface area contributed by atoms with Crippen molar-refractivity contribution < 1.29 is 25.2 Å². The first-order valence-electron chi connectivity index (χ1n) is 23.7. The second-order valence-electron chi connectivity index (χ2n) is 16.0. The van der Waals surface area contributed by atoms with Crippen LogP contribution in [0.4, 0.5) is 0 Å². The summed E-state index contributed by atoms with van der Waals surface area (Å²) >= 11 is 0. The summed E-state index contributed by atoms with van der Waals surface area (Å²) in [5, 5.41) is 43.7. The monoisotopic (exact) mass is 786 g/mol. The van der Waals surface area contributed by atoms with Gasteiger partial charge >= 0.3 is 0 Å². The topological polar surface area (TPSA) is 110 Å². The van der Waals surface area contributed by atoms with E-state index >= 15 is 0 Å². The van der Waals surface area contributed by atoms with Crippen molar-refractivity contribution in [3.8, 4) is 0 Å². The molecule has 0 radical (unpaired) electrons. The Balaban J connectivity index is 3.79. The predicted octanol–water partition coefficient (Wildman–Crippen LogP) is 12.9. The lowest BCUT2D eigenvalue weighted by atomic mass is 10.00. The molecule has 0 rings (SSSR count). The SMILES string of the molecule is CC/C=C\C/C=C\CCCCCCCCCCCCCCCC(O)C(=O)NC(CO)C(O)C(O)CCC/C=C/CC/C=C/CC/C=C/CCCCCCCCC. The standard InChI is InChI=1S/C50H91NO5/c1-3-5-7-9-11-13-15-17-19-21-23-25-27-29-31-33-35-37-39-41-43-47(53)49(55)46(45-52)51-50(56)48(54)44-42-40-38-36-34-32-30-28-26-24-22-20-18-16-14-12-10-8-6-4-2/h6,8,12,14,19,21,27,29,35,37,46-49,52-55H,3-5,7,9-11,13,15-18,20,22-26,28,30-34,36,38-45H2,1-2H3,(H,51,56)/b8-6-,14-12-,21-19+,29-27+,37-35+. The number of rotatable bonds is 42. The van der Waals surface area contributed by atoms with Gasteiger partial charge in [-0.05, 0) is 89.9 Å². The zero-order valence-corrected chi connectivity index (χ0v) is 36.6. The fraction of sp³-hybridized carbons (Fsp3) is 0.780. The summed E-state index contributed by atoms with van der Waals surface area (Å²) in [6.07, 6.45) is 55.4. The third-order valence-corrected chi connectivity index (χ3v) is 10.7. The zero-order valence-electron chi connectivity index (χ0n) is 36.6. The van der Waals surface area contributed by atoms with E-state index in [2.05, 4.69) is 79.9 Å². The Kier molecular flexibility index (Phi) is 42.6. The van der Waals surface area contributed by atoms with Crippen LogP contribution < -0.4 is 5.32 Å². The quantitative estimate of drug-likeness (QED) is 0.0313. The lowest BCUT2D eigenvalue weighted by Crippen LogP contribution is -2.53.